The van der Waals surface area contributed by atoms with Crippen LogP contribution < -0.4 is 16.2 Å². The van der Waals surface area contributed by atoms with E-state index in [4.69, 9.17) is 4.42 Å². The van der Waals surface area contributed by atoms with Gasteiger partial charge < -0.3 is 20.0 Å². The molecule has 3 heterocycles. The van der Waals surface area contributed by atoms with Gasteiger partial charge in [0.2, 0.25) is 5.91 Å². The van der Waals surface area contributed by atoms with Gasteiger partial charge in [-0.05, 0) is 50.1 Å². The molecule has 4 aromatic rings. The number of anilines is 1. The fourth-order valence-electron chi connectivity index (χ4n) is 3.48. The lowest BCUT2D eigenvalue weighted by Gasteiger charge is -2.11. The third-order valence-corrected chi connectivity index (χ3v) is 7.44. The maximum atomic E-state index is 12.8. The lowest BCUT2D eigenvalue weighted by Crippen LogP contribution is -2.25. The highest BCUT2D eigenvalue weighted by molar-refractivity contribution is 8.00. The summed E-state index contributed by atoms with van der Waals surface area (Å²) in [6, 6.07) is 10.7. The van der Waals surface area contributed by atoms with E-state index in [-0.39, 0.29) is 34.4 Å². The van der Waals surface area contributed by atoms with Crippen LogP contribution in [0.3, 0.4) is 0 Å². The standard InChI is InChI=1S/C24H22N4O4S2/c1-13(21-27-23(31)20-17(11-34-24(20)28-21)18-6-3-9-32-18)33-12-19(29)25-16-5-2-4-14(10-16)22(30)26-15-7-8-15/h2-6,9-11,13,15H,7-8,12H2,1H3,(H,25,29)(H,26,30)(H,27,28,31). The number of amides is 2. The summed E-state index contributed by atoms with van der Waals surface area (Å²) in [5.41, 5.74) is 1.58. The van der Waals surface area contributed by atoms with Gasteiger partial charge >= 0.3 is 0 Å². The van der Waals surface area contributed by atoms with E-state index in [0.29, 0.717) is 33.1 Å². The quantitative estimate of drug-likeness (QED) is 0.330. The molecule has 3 N–H and O–H groups in total. The van der Waals surface area contributed by atoms with Crippen molar-refractivity contribution in [2.24, 2.45) is 0 Å². The molecule has 8 nitrogen and oxygen atoms in total. The van der Waals surface area contributed by atoms with Gasteiger partial charge in [-0.3, -0.25) is 14.4 Å². The van der Waals surface area contributed by atoms with E-state index in [0.717, 1.165) is 18.4 Å². The van der Waals surface area contributed by atoms with Crippen LogP contribution in [0.4, 0.5) is 5.69 Å². The number of hydrogen-bond acceptors (Lipinski definition) is 7. The van der Waals surface area contributed by atoms with Gasteiger partial charge in [-0.1, -0.05) is 6.07 Å². The van der Waals surface area contributed by atoms with Crippen molar-refractivity contribution in [3.8, 4) is 11.3 Å². The molecule has 1 atom stereocenters. The number of benzene rings is 1. The zero-order valence-electron chi connectivity index (χ0n) is 18.3. The Bertz CT molecular complexity index is 1410. The molecule has 1 aromatic carbocycles. The second-order valence-corrected chi connectivity index (χ2v) is 10.3. The van der Waals surface area contributed by atoms with Crippen molar-refractivity contribution >= 4 is 50.8 Å². The third kappa shape index (κ3) is 4.92. The van der Waals surface area contributed by atoms with Crippen molar-refractivity contribution in [3.63, 3.8) is 0 Å². The van der Waals surface area contributed by atoms with E-state index >= 15 is 0 Å². The number of thiophene rings is 1. The van der Waals surface area contributed by atoms with Gasteiger partial charge in [-0.25, -0.2) is 4.98 Å². The maximum Gasteiger partial charge on any atom is 0.260 e. The van der Waals surface area contributed by atoms with Gasteiger partial charge in [-0.2, -0.15) is 0 Å². The summed E-state index contributed by atoms with van der Waals surface area (Å²) in [7, 11) is 0. The first kappa shape index (κ1) is 22.4. The molecule has 1 saturated carbocycles. The molecular formula is C24H22N4O4S2. The lowest BCUT2D eigenvalue weighted by molar-refractivity contribution is -0.113. The van der Waals surface area contributed by atoms with E-state index in [9.17, 15) is 14.4 Å². The first-order valence-electron chi connectivity index (χ1n) is 10.9. The topological polar surface area (TPSA) is 117 Å². The molecule has 0 radical (unpaired) electrons. The van der Waals surface area contributed by atoms with Crippen LogP contribution in [0.2, 0.25) is 0 Å². The monoisotopic (exact) mass is 494 g/mol. The first-order valence-corrected chi connectivity index (χ1v) is 12.8. The third-order valence-electron chi connectivity index (χ3n) is 5.42. The van der Waals surface area contributed by atoms with Crippen LogP contribution in [0.15, 0.2) is 57.3 Å². The smallest absolute Gasteiger partial charge is 0.260 e. The van der Waals surface area contributed by atoms with Crippen LogP contribution in [0.25, 0.3) is 21.5 Å². The highest BCUT2D eigenvalue weighted by Crippen LogP contribution is 2.33. The van der Waals surface area contributed by atoms with Crippen LogP contribution in [0.1, 0.15) is 41.2 Å². The Labute approximate surface area is 203 Å². The molecule has 2 amide bonds. The normalized spacial score (nSPS) is 14.1. The average Bonchev–Trinajstić information content (AvgIpc) is 3.29. The highest BCUT2D eigenvalue weighted by Gasteiger charge is 2.24. The SMILES string of the molecule is CC(SCC(=O)Nc1cccc(C(=O)NC2CC2)c1)c1nc2scc(-c3ccco3)c2c(=O)[nH]1. The molecule has 0 spiro atoms. The summed E-state index contributed by atoms with van der Waals surface area (Å²) in [5.74, 6) is 0.983. The highest BCUT2D eigenvalue weighted by atomic mass is 32.2. The molecule has 1 aliphatic carbocycles. The minimum atomic E-state index is -0.231. The van der Waals surface area contributed by atoms with Crippen LogP contribution in [-0.4, -0.2) is 33.6 Å². The largest absolute Gasteiger partial charge is 0.464 e. The van der Waals surface area contributed by atoms with Crippen molar-refractivity contribution < 1.29 is 14.0 Å². The zero-order valence-corrected chi connectivity index (χ0v) is 19.9. The summed E-state index contributed by atoms with van der Waals surface area (Å²) in [6.45, 7) is 1.89. The molecule has 0 saturated heterocycles. The predicted octanol–water partition coefficient (Wildman–Crippen LogP) is 4.57. The number of nitrogens with one attached hydrogen (secondary N) is 3. The fraction of sp³-hybridized carbons (Fsp3) is 0.250. The average molecular weight is 495 g/mol. The number of rotatable bonds is 8. The van der Waals surface area contributed by atoms with E-state index < -0.39 is 0 Å². The molecule has 174 valence electrons. The Hall–Kier alpha value is -3.37. The number of aromatic nitrogens is 2. The van der Waals surface area contributed by atoms with Gasteiger partial charge in [0.1, 0.15) is 16.4 Å². The summed E-state index contributed by atoms with van der Waals surface area (Å²) in [4.78, 5) is 45.6. The van der Waals surface area contributed by atoms with Gasteiger partial charge in [0.15, 0.2) is 0 Å². The Morgan fingerprint density at radius 1 is 1.29 bits per heavy atom. The summed E-state index contributed by atoms with van der Waals surface area (Å²) in [6.07, 6.45) is 3.60. The second-order valence-electron chi connectivity index (χ2n) is 8.09. The fourth-order valence-corrected chi connectivity index (χ4v) is 5.16. The molecule has 5 rings (SSSR count). The van der Waals surface area contributed by atoms with Gasteiger partial charge in [0.25, 0.3) is 11.5 Å². The molecule has 0 aliphatic heterocycles. The molecule has 1 unspecified atom stereocenters. The first-order chi connectivity index (χ1) is 16.5. The molecular weight excluding hydrogens is 472 g/mol. The van der Waals surface area contributed by atoms with Crippen LogP contribution in [-0.2, 0) is 4.79 Å². The van der Waals surface area contributed by atoms with Gasteiger partial charge in [0.05, 0.1) is 22.7 Å². The van der Waals surface area contributed by atoms with Crippen molar-refractivity contribution in [2.45, 2.75) is 31.1 Å². The van der Waals surface area contributed by atoms with E-state index in [1.54, 1.807) is 42.7 Å². The van der Waals surface area contributed by atoms with E-state index in [1.807, 2.05) is 12.3 Å². The number of aromatic amines is 1. The second kappa shape index (κ2) is 9.47. The van der Waals surface area contributed by atoms with E-state index in [2.05, 4.69) is 20.6 Å². The minimum Gasteiger partial charge on any atom is -0.464 e. The lowest BCUT2D eigenvalue weighted by atomic mass is 10.2. The molecule has 0 bridgehead atoms. The van der Waals surface area contributed by atoms with Crippen molar-refractivity contribution in [1.82, 2.24) is 15.3 Å². The number of hydrogen-bond donors (Lipinski definition) is 3. The Morgan fingerprint density at radius 2 is 2.15 bits per heavy atom. The Balaban J connectivity index is 1.22. The van der Waals surface area contributed by atoms with Gasteiger partial charge in [-0.15, -0.1) is 23.1 Å². The molecule has 10 heteroatoms. The van der Waals surface area contributed by atoms with Crippen LogP contribution in [0.5, 0.6) is 0 Å². The molecule has 34 heavy (non-hydrogen) atoms. The summed E-state index contributed by atoms with van der Waals surface area (Å²) < 4.78 is 5.43. The minimum absolute atomic E-state index is 0.129. The number of thioether (sulfide) groups is 1. The van der Waals surface area contributed by atoms with Gasteiger partial charge in [0, 0.05) is 28.2 Å². The molecule has 3 aromatic heterocycles. The predicted molar refractivity (Wildman–Crippen MR) is 134 cm³/mol. The van der Waals surface area contributed by atoms with Crippen molar-refractivity contribution in [2.75, 3.05) is 11.1 Å². The van der Waals surface area contributed by atoms with Crippen LogP contribution in [0, 0.1) is 0 Å². The number of furan rings is 1. The number of carbonyl (C=O) groups excluding carboxylic acids is 2. The molecule has 1 aliphatic rings. The summed E-state index contributed by atoms with van der Waals surface area (Å²) in [5, 5.41) is 7.94. The maximum absolute atomic E-state index is 12.8. The zero-order chi connectivity index (χ0) is 23.7. The number of nitrogens with zero attached hydrogens (tertiary/aromatic N) is 1. The number of fused-ring (bicyclic) bond motifs is 1. The Morgan fingerprint density at radius 3 is 2.91 bits per heavy atom. The van der Waals surface area contributed by atoms with E-state index in [1.165, 1.54) is 23.1 Å². The van der Waals surface area contributed by atoms with Crippen molar-refractivity contribution in [3.05, 3.63) is 69.8 Å². The number of carbonyl (C=O) groups is 2. The molecule has 1 fully saturated rings. The number of H-pyrrole nitrogens is 1. The summed E-state index contributed by atoms with van der Waals surface area (Å²) >= 11 is 2.75. The van der Waals surface area contributed by atoms with Crippen molar-refractivity contribution in [1.29, 1.82) is 0 Å². The van der Waals surface area contributed by atoms with Crippen LogP contribution >= 0.6 is 23.1 Å². The Kier molecular flexibility index (Phi) is 6.25.